The molecule has 0 spiro atoms. The van der Waals surface area contributed by atoms with Gasteiger partial charge >= 0.3 is 0 Å². The predicted molar refractivity (Wildman–Crippen MR) is 80.8 cm³/mol. The number of rotatable bonds is 0. The molecule has 4 heteroatoms. The number of hydrogen-bond acceptors (Lipinski definition) is 2. The molecule has 0 amide bonds. The number of nitrogens with zero attached hydrogens (tertiary/aromatic N) is 3. The number of para-hydroxylation sites is 1. The quantitative estimate of drug-likeness (QED) is 0.399. The van der Waals surface area contributed by atoms with E-state index in [2.05, 4.69) is 51.5 Å². The number of hydrogen-bond donors (Lipinski definition) is 0. The summed E-state index contributed by atoms with van der Waals surface area (Å²) in [5, 5.41) is 2.67. The maximum Gasteiger partial charge on any atom is 0.274 e. The van der Waals surface area contributed by atoms with E-state index in [1.165, 1.54) is 37.5 Å². The third kappa shape index (κ3) is 1.11. The summed E-state index contributed by atoms with van der Waals surface area (Å²) in [7, 11) is 2.15. The molecule has 0 bridgehead atoms. The van der Waals surface area contributed by atoms with Crippen molar-refractivity contribution in [3.63, 3.8) is 0 Å². The SMILES string of the molecule is Cn1c2ccccc2c2c1sc1[n+]2Cc2ncccc2-1. The van der Waals surface area contributed by atoms with Gasteiger partial charge in [0.25, 0.3) is 10.5 Å². The fourth-order valence-electron chi connectivity index (χ4n) is 3.24. The Bertz CT molecular complexity index is 994. The lowest BCUT2D eigenvalue weighted by atomic mass is 10.2. The summed E-state index contributed by atoms with van der Waals surface area (Å²) in [5.74, 6) is 0. The van der Waals surface area contributed by atoms with Crippen molar-refractivity contribution in [2.75, 3.05) is 0 Å². The van der Waals surface area contributed by atoms with Crippen LogP contribution in [0.3, 0.4) is 0 Å². The van der Waals surface area contributed by atoms with E-state index < -0.39 is 0 Å². The summed E-state index contributed by atoms with van der Waals surface area (Å²) in [4.78, 5) is 5.86. The van der Waals surface area contributed by atoms with E-state index >= 15 is 0 Å². The minimum atomic E-state index is 0.888. The number of aromatic nitrogens is 3. The summed E-state index contributed by atoms with van der Waals surface area (Å²) >= 11 is 1.87. The van der Waals surface area contributed by atoms with E-state index in [-0.39, 0.29) is 0 Å². The molecule has 0 aliphatic carbocycles. The molecule has 3 aromatic heterocycles. The Hall–Kier alpha value is -2.20. The van der Waals surface area contributed by atoms with Gasteiger partial charge in [-0.15, -0.1) is 0 Å². The number of pyridine rings is 1. The Balaban J connectivity index is 1.97. The van der Waals surface area contributed by atoms with Crippen LogP contribution in [0.25, 0.3) is 31.8 Å². The van der Waals surface area contributed by atoms with Gasteiger partial charge in [0.1, 0.15) is 5.69 Å². The zero-order valence-corrected chi connectivity index (χ0v) is 11.8. The van der Waals surface area contributed by atoms with Gasteiger partial charge in [0, 0.05) is 13.2 Å². The maximum atomic E-state index is 4.52. The molecule has 20 heavy (non-hydrogen) atoms. The molecule has 0 unspecified atom stereocenters. The molecule has 1 aliphatic heterocycles. The highest BCUT2D eigenvalue weighted by molar-refractivity contribution is 7.21. The summed E-state index contributed by atoms with van der Waals surface area (Å²) < 4.78 is 4.72. The largest absolute Gasteiger partial charge is 0.330 e. The van der Waals surface area contributed by atoms with Crippen LogP contribution in [-0.4, -0.2) is 9.55 Å². The molecule has 1 aliphatic rings. The highest BCUT2D eigenvalue weighted by Crippen LogP contribution is 2.38. The van der Waals surface area contributed by atoms with Crippen LogP contribution in [0.2, 0.25) is 0 Å². The molecule has 0 saturated carbocycles. The van der Waals surface area contributed by atoms with Crippen LogP contribution in [0.4, 0.5) is 0 Å². The van der Waals surface area contributed by atoms with Crippen LogP contribution >= 0.6 is 11.3 Å². The van der Waals surface area contributed by atoms with Crippen LogP contribution in [0.1, 0.15) is 5.69 Å². The van der Waals surface area contributed by atoms with Crippen LogP contribution in [-0.2, 0) is 13.6 Å². The van der Waals surface area contributed by atoms with Crippen molar-refractivity contribution in [1.29, 1.82) is 0 Å². The van der Waals surface area contributed by atoms with Crippen LogP contribution in [0.15, 0.2) is 42.6 Å². The van der Waals surface area contributed by atoms with E-state index in [4.69, 9.17) is 0 Å². The zero-order chi connectivity index (χ0) is 13.3. The summed E-state index contributed by atoms with van der Waals surface area (Å²) in [5.41, 5.74) is 5.13. The molecule has 4 heterocycles. The summed E-state index contributed by atoms with van der Waals surface area (Å²) in [6.45, 7) is 0.888. The van der Waals surface area contributed by atoms with E-state index in [1.807, 2.05) is 23.6 Å². The Morgan fingerprint density at radius 2 is 2.10 bits per heavy atom. The van der Waals surface area contributed by atoms with Gasteiger partial charge < -0.3 is 4.57 Å². The van der Waals surface area contributed by atoms with Crippen molar-refractivity contribution in [3.8, 4) is 10.6 Å². The van der Waals surface area contributed by atoms with Crippen molar-refractivity contribution in [2.24, 2.45) is 7.05 Å². The van der Waals surface area contributed by atoms with Gasteiger partial charge in [-0.3, -0.25) is 4.98 Å². The standard InChI is InChI=1S/C16H12N3S/c1-18-13-7-3-2-5-11(13)14-16(18)20-15-10-6-4-8-17-12(10)9-19(14)15/h2-8H,9H2,1H3/q+1. The fraction of sp³-hybridized carbons (Fsp3) is 0.125. The third-order valence-corrected chi connectivity index (χ3v) is 5.46. The van der Waals surface area contributed by atoms with E-state index in [1.54, 1.807) is 0 Å². The molecule has 0 radical (unpaired) electrons. The first kappa shape index (κ1) is 10.6. The molecule has 0 N–H and O–H groups in total. The molecular weight excluding hydrogens is 266 g/mol. The normalized spacial score (nSPS) is 13.1. The van der Waals surface area contributed by atoms with Gasteiger partial charge in [-0.2, -0.15) is 4.57 Å². The van der Waals surface area contributed by atoms with Gasteiger partial charge in [-0.1, -0.05) is 12.1 Å². The lowest BCUT2D eigenvalue weighted by molar-refractivity contribution is -0.641. The molecule has 96 valence electrons. The molecule has 1 aromatic carbocycles. The minimum absolute atomic E-state index is 0.888. The molecule has 4 aromatic rings. The fourth-order valence-corrected chi connectivity index (χ4v) is 4.53. The van der Waals surface area contributed by atoms with Crippen LogP contribution in [0, 0.1) is 0 Å². The van der Waals surface area contributed by atoms with Crippen molar-refractivity contribution >= 4 is 32.6 Å². The Kier molecular flexibility index (Phi) is 1.83. The Morgan fingerprint density at radius 3 is 3.05 bits per heavy atom. The second kappa shape index (κ2) is 3.46. The van der Waals surface area contributed by atoms with Gasteiger partial charge in [0.15, 0.2) is 11.4 Å². The topological polar surface area (TPSA) is 21.7 Å². The monoisotopic (exact) mass is 278 g/mol. The molecule has 5 rings (SSSR count). The predicted octanol–water partition coefficient (Wildman–Crippen LogP) is 3.10. The Morgan fingerprint density at radius 1 is 1.20 bits per heavy atom. The highest BCUT2D eigenvalue weighted by atomic mass is 32.1. The molecule has 0 fully saturated rings. The molecule has 3 nitrogen and oxygen atoms in total. The van der Waals surface area contributed by atoms with E-state index in [0.717, 1.165) is 6.54 Å². The molecule has 0 atom stereocenters. The maximum absolute atomic E-state index is 4.52. The number of thiazole rings is 1. The summed E-state index contributed by atoms with van der Waals surface area (Å²) in [6, 6.07) is 12.8. The number of benzene rings is 1. The van der Waals surface area contributed by atoms with E-state index in [0.29, 0.717) is 0 Å². The van der Waals surface area contributed by atoms with Crippen LogP contribution < -0.4 is 4.57 Å². The Labute approximate surface area is 119 Å². The highest BCUT2D eigenvalue weighted by Gasteiger charge is 2.35. The summed E-state index contributed by atoms with van der Waals surface area (Å²) in [6.07, 6.45) is 1.89. The first-order valence-electron chi connectivity index (χ1n) is 6.68. The lowest BCUT2D eigenvalue weighted by Crippen LogP contribution is -2.30. The first-order valence-corrected chi connectivity index (χ1v) is 7.50. The average molecular weight is 278 g/mol. The zero-order valence-electron chi connectivity index (χ0n) is 11.0. The molecular formula is C16H12N3S+. The van der Waals surface area contributed by atoms with Crippen LogP contribution in [0.5, 0.6) is 0 Å². The second-order valence-corrected chi connectivity index (χ2v) is 6.20. The van der Waals surface area contributed by atoms with Gasteiger partial charge in [0.05, 0.1) is 16.5 Å². The first-order chi connectivity index (χ1) is 9.84. The van der Waals surface area contributed by atoms with Gasteiger partial charge in [0.2, 0.25) is 0 Å². The number of aryl methyl sites for hydroxylation is 1. The van der Waals surface area contributed by atoms with Crippen molar-refractivity contribution < 1.29 is 4.57 Å². The smallest absolute Gasteiger partial charge is 0.274 e. The molecule has 0 saturated heterocycles. The average Bonchev–Trinajstić information content (AvgIpc) is 3.09. The lowest BCUT2D eigenvalue weighted by Gasteiger charge is -1.94. The second-order valence-electron chi connectivity index (χ2n) is 5.22. The van der Waals surface area contributed by atoms with E-state index in [9.17, 15) is 0 Å². The van der Waals surface area contributed by atoms with Crippen molar-refractivity contribution in [2.45, 2.75) is 6.54 Å². The van der Waals surface area contributed by atoms with Crippen molar-refractivity contribution in [3.05, 3.63) is 48.3 Å². The third-order valence-electron chi connectivity index (χ3n) is 4.16. The van der Waals surface area contributed by atoms with Gasteiger partial charge in [-0.25, -0.2) is 0 Å². The minimum Gasteiger partial charge on any atom is -0.330 e. The number of fused-ring (bicyclic) bond motifs is 7. The van der Waals surface area contributed by atoms with Crippen molar-refractivity contribution in [1.82, 2.24) is 9.55 Å². The van der Waals surface area contributed by atoms with Gasteiger partial charge in [-0.05, 0) is 35.6 Å².